The Labute approximate surface area is 222 Å². The molecular weight excluding hydrogens is 492 g/mol. The van der Waals surface area contributed by atoms with Gasteiger partial charge in [0.2, 0.25) is 11.8 Å². The summed E-state index contributed by atoms with van der Waals surface area (Å²) in [7, 11) is 1.90. The Bertz CT molecular complexity index is 1250. The van der Waals surface area contributed by atoms with Crippen molar-refractivity contribution in [1.82, 2.24) is 14.9 Å². The van der Waals surface area contributed by atoms with Crippen LogP contribution in [-0.2, 0) is 18.3 Å². The molecule has 1 heterocycles. The normalized spacial score (nSPS) is 12.9. The molecule has 0 bridgehead atoms. The molecule has 198 valence electrons. The van der Waals surface area contributed by atoms with Gasteiger partial charge in [0.1, 0.15) is 11.6 Å². The van der Waals surface area contributed by atoms with Crippen molar-refractivity contribution in [3.63, 3.8) is 0 Å². The number of amides is 2. The molecule has 8 nitrogen and oxygen atoms in total. The van der Waals surface area contributed by atoms with E-state index in [0.717, 1.165) is 22.6 Å². The molecule has 0 spiro atoms. The SMILES string of the molecule is CC(=O)NC(C)c1nc(-c2ccc(CC(CCO)c3c(C(N)=O)ccc(OC(C)C)c3Cl)cc2)cn1C. The Kier molecular flexibility index (Phi) is 9.34. The first-order chi connectivity index (χ1) is 17.5. The van der Waals surface area contributed by atoms with Crippen LogP contribution in [0.2, 0.25) is 5.02 Å². The topological polar surface area (TPSA) is 119 Å². The van der Waals surface area contributed by atoms with E-state index in [1.807, 2.05) is 62.8 Å². The van der Waals surface area contributed by atoms with Crippen molar-refractivity contribution in [1.29, 1.82) is 0 Å². The molecule has 0 saturated heterocycles. The molecule has 0 fully saturated rings. The number of nitrogens with two attached hydrogens (primary N) is 1. The van der Waals surface area contributed by atoms with Crippen LogP contribution >= 0.6 is 11.6 Å². The van der Waals surface area contributed by atoms with Gasteiger partial charge in [0.15, 0.2) is 0 Å². The van der Waals surface area contributed by atoms with Gasteiger partial charge in [-0.25, -0.2) is 4.98 Å². The maximum absolute atomic E-state index is 12.2. The molecule has 0 saturated carbocycles. The van der Waals surface area contributed by atoms with Crippen LogP contribution in [0.15, 0.2) is 42.6 Å². The van der Waals surface area contributed by atoms with Crippen molar-refractivity contribution < 1.29 is 19.4 Å². The summed E-state index contributed by atoms with van der Waals surface area (Å²) < 4.78 is 7.74. The standard InChI is InChI=1S/C28H35ClN4O4/c1-16(2)37-24-11-10-22(27(30)36)25(26(24)29)21(12-13-34)14-19-6-8-20(9-7-19)23-15-33(5)28(32-23)17(3)31-18(4)35/h6-11,15-17,21,34H,12-14H2,1-5H3,(H2,30,36)(H,31,35). The number of carbonyl (C=O) groups is 2. The third kappa shape index (κ3) is 6.90. The number of aliphatic hydroxyl groups excluding tert-OH is 1. The number of nitrogens with zero attached hydrogens (tertiary/aromatic N) is 2. The molecule has 0 radical (unpaired) electrons. The minimum absolute atomic E-state index is 0.0737. The highest BCUT2D eigenvalue weighted by Gasteiger charge is 2.25. The van der Waals surface area contributed by atoms with E-state index in [0.29, 0.717) is 34.7 Å². The molecule has 9 heteroatoms. The first-order valence-electron chi connectivity index (χ1n) is 12.3. The average Bonchev–Trinajstić information content (AvgIpc) is 3.21. The molecule has 2 unspecified atom stereocenters. The fourth-order valence-electron chi connectivity index (χ4n) is 4.52. The summed E-state index contributed by atoms with van der Waals surface area (Å²) in [6.45, 7) is 7.10. The zero-order chi connectivity index (χ0) is 27.3. The lowest BCUT2D eigenvalue weighted by atomic mass is 9.86. The summed E-state index contributed by atoms with van der Waals surface area (Å²) in [5.74, 6) is 0.302. The van der Waals surface area contributed by atoms with Gasteiger partial charge in [0.05, 0.1) is 22.9 Å². The van der Waals surface area contributed by atoms with E-state index in [1.54, 1.807) is 12.1 Å². The number of ether oxygens (including phenoxy) is 1. The molecule has 2 amide bonds. The number of rotatable bonds is 11. The van der Waals surface area contributed by atoms with Crippen LogP contribution in [-0.4, -0.2) is 39.2 Å². The predicted octanol–water partition coefficient (Wildman–Crippen LogP) is 4.53. The third-order valence-corrected chi connectivity index (χ3v) is 6.50. The quantitative estimate of drug-likeness (QED) is 0.339. The van der Waals surface area contributed by atoms with Crippen LogP contribution in [0.25, 0.3) is 11.3 Å². The number of hydrogen-bond acceptors (Lipinski definition) is 5. The highest BCUT2D eigenvalue weighted by molar-refractivity contribution is 6.33. The van der Waals surface area contributed by atoms with Crippen molar-refractivity contribution in [2.75, 3.05) is 6.61 Å². The van der Waals surface area contributed by atoms with Gasteiger partial charge in [-0.2, -0.15) is 0 Å². The Morgan fingerprint density at radius 2 is 1.84 bits per heavy atom. The molecule has 2 aromatic carbocycles. The van der Waals surface area contributed by atoms with Crippen molar-refractivity contribution in [2.24, 2.45) is 12.8 Å². The maximum Gasteiger partial charge on any atom is 0.249 e. The average molecular weight is 527 g/mol. The summed E-state index contributed by atoms with van der Waals surface area (Å²) in [5, 5.41) is 13.0. The second-order valence-corrected chi connectivity index (χ2v) is 9.88. The van der Waals surface area contributed by atoms with Gasteiger partial charge in [-0.05, 0) is 62.8 Å². The lowest BCUT2D eigenvalue weighted by molar-refractivity contribution is -0.119. The maximum atomic E-state index is 12.2. The van der Waals surface area contributed by atoms with Crippen molar-refractivity contribution in [3.8, 4) is 17.0 Å². The summed E-state index contributed by atoms with van der Waals surface area (Å²) in [6.07, 6.45) is 2.77. The van der Waals surface area contributed by atoms with Crippen molar-refractivity contribution in [3.05, 3.63) is 70.1 Å². The fraction of sp³-hybridized carbons (Fsp3) is 0.393. The number of primary amides is 1. The second-order valence-electron chi connectivity index (χ2n) is 9.50. The number of hydrogen-bond donors (Lipinski definition) is 3. The van der Waals surface area contributed by atoms with Gasteiger partial charge >= 0.3 is 0 Å². The minimum Gasteiger partial charge on any atom is -0.489 e. The summed E-state index contributed by atoms with van der Waals surface area (Å²) in [6, 6.07) is 11.0. The first-order valence-corrected chi connectivity index (χ1v) is 12.7. The molecule has 0 aliphatic rings. The zero-order valence-electron chi connectivity index (χ0n) is 21.9. The third-order valence-electron chi connectivity index (χ3n) is 6.11. The van der Waals surface area contributed by atoms with E-state index in [9.17, 15) is 14.7 Å². The number of halogens is 1. The molecule has 1 aromatic heterocycles. The second kappa shape index (κ2) is 12.3. The monoisotopic (exact) mass is 526 g/mol. The predicted molar refractivity (Wildman–Crippen MR) is 145 cm³/mol. The summed E-state index contributed by atoms with van der Waals surface area (Å²) >= 11 is 6.73. The summed E-state index contributed by atoms with van der Waals surface area (Å²) in [4.78, 5) is 28.4. The van der Waals surface area contributed by atoms with Gasteiger partial charge in [0, 0.05) is 37.9 Å². The number of aromatic nitrogens is 2. The molecule has 0 aliphatic heterocycles. The van der Waals surface area contributed by atoms with Crippen LogP contribution in [0.4, 0.5) is 0 Å². The first kappa shape index (κ1) is 28.2. The smallest absolute Gasteiger partial charge is 0.249 e. The van der Waals surface area contributed by atoms with E-state index < -0.39 is 5.91 Å². The van der Waals surface area contributed by atoms with Crippen molar-refractivity contribution >= 4 is 23.4 Å². The molecule has 4 N–H and O–H groups in total. The Morgan fingerprint density at radius 3 is 2.41 bits per heavy atom. The van der Waals surface area contributed by atoms with E-state index in [2.05, 4.69) is 5.32 Å². The molecule has 3 aromatic rings. The number of benzene rings is 2. The highest BCUT2D eigenvalue weighted by Crippen LogP contribution is 2.39. The lowest BCUT2D eigenvalue weighted by Gasteiger charge is -2.23. The van der Waals surface area contributed by atoms with Gasteiger partial charge < -0.3 is 25.5 Å². The van der Waals surface area contributed by atoms with Crippen LogP contribution in [0.5, 0.6) is 5.75 Å². The number of carbonyl (C=O) groups excluding carboxylic acids is 2. The van der Waals surface area contributed by atoms with Gasteiger partial charge in [-0.3, -0.25) is 9.59 Å². The zero-order valence-corrected chi connectivity index (χ0v) is 22.7. The fourth-order valence-corrected chi connectivity index (χ4v) is 4.89. The Hall–Kier alpha value is -3.36. The van der Waals surface area contributed by atoms with Crippen LogP contribution < -0.4 is 15.8 Å². The van der Waals surface area contributed by atoms with Crippen LogP contribution in [0, 0.1) is 0 Å². The van der Waals surface area contributed by atoms with Gasteiger partial charge in [-0.15, -0.1) is 0 Å². The molecule has 0 aliphatic carbocycles. The molecule has 37 heavy (non-hydrogen) atoms. The Balaban J connectivity index is 1.90. The van der Waals surface area contributed by atoms with Gasteiger partial charge in [-0.1, -0.05) is 35.9 Å². The van der Waals surface area contributed by atoms with Crippen LogP contribution in [0.3, 0.4) is 0 Å². The number of imidazole rings is 1. The van der Waals surface area contributed by atoms with E-state index in [4.69, 9.17) is 27.1 Å². The van der Waals surface area contributed by atoms with E-state index in [-0.39, 0.29) is 30.6 Å². The van der Waals surface area contributed by atoms with Gasteiger partial charge in [0.25, 0.3) is 0 Å². The van der Waals surface area contributed by atoms with E-state index >= 15 is 0 Å². The van der Waals surface area contributed by atoms with Crippen LogP contribution in [0.1, 0.15) is 73.4 Å². The van der Waals surface area contributed by atoms with E-state index in [1.165, 1.54) is 6.92 Å². The van der Waals surface area contributed by atoms with Crippen molar-refractivity contribution in [2.45, 2.75) is 58.6 Å². The lowest BCUT2D eigenvalue weighted by Crippen LogP contribution is -2.25. The largest absolute Gasteiger partial charge is 0.489 e. The number of aryl methyl sites for hydroxylation is 1. The summed E-state index contributed by atoms with van der Waals surface area (Å²) in [5.41, 5.74) is 9.33. The Morgan fingerprint density at radius 1 is 1.16 bits per heavy atom. The molecule has 2 atom stereocenters. The number of nitrogens with one attached hydrogen (secondary N) is 1. The highest BCUT2D eigenvalue weighted by atomic mass is 35.5. The molecular formula is C28H35ClN4O4. The minimum atomic E-state index is -0.578. The molecule has 3 rings (SSSR count). The number of aliphatic hydroxyl groups is 1.